The summed E-state index contributed by atoms with van der Waals surface area (Å²) in [6.07, 6.45) is 0. The first-order valence-corrected chi connectivity index (χ1v) is 13.0. The molecule has 0 N–H and O–H groups in total. The van der Waals surface area contributed by atoms with Gasteiger partial charge in [0.05, 0.1) is 26.4 Å². The summed E-state index contributed by atoms with van der Waals surface area (Å²) >= 11 is 0. The average molecular weight is 531 g/mol. The molecule has 0 aliphatic carbocycles. The molecular weight excluding hydrogens is 504 g/mol. The lowest BCUT2D eigenvalue weighted by atomic mass is 9.94. The lowest BCUT2D eigenvalue weighted by Crippen LogP contribution is -2.35. The van der Waals surface area contributed by atoms with Crippen LogP contribution in [0.2, 0.25) is 0 Å². The van der Waals surface area contributed by atoms with Gasteiger partial charge in [0.25, 0.3) is 0 Å². The standard InChI is InChI=1S/C32H26N4O4/c1-5-13-29-25(9-1)33-21-34-26-10-2-6-14-30(26)38-18-23(17-37-29)24-19-39-31-15-7-3-11-27(31)35-22-36-28-12-4-8-16-32(28)40-20-24/h1-16,23-24H,17-20H2. The van der Waals surface area contributed by atoms with Gasteiger partial charge in [-0.05, 0) is 48.5 Å². The fraction of sp³-hybridized carbons (Fsp3) is 0.188. The van der Waals surface area contributed by atoms with E-state index in [9.17, 15) is 0 Å². The SMILES string of the molecule is C1=Nc2ccccc2OCC(C2COc3ccccc3N=C=Nc3ccccc3OC2)COc2ccccc2N=1. The van der Waals surface area contributed by atoms with Crippen molar-refractivity contribution in [2.45, 2.75) is 0 Å². The van der Waals surface area contributed by atoms with Crippen LogP contribution in [0.4, 0.5) is 22.7 Å². The molecule has 0 radical (unpaired) electrons. The average Bonchev–Trinajstić information content (AvgIpc) is 2.99. The van der Waals surface area contributed by atoms with E-state index in [1.807, 2.05) is 97.1 Å². The van der Waals surface area contributed by atoms with Gasteiger partial charge in [-0.15, -0.1) is 0 Å². The van der Waals surface area contributed by atoms with Gasteiger partial charge >= 0.3 is 0 Å². The lowest BCUT2D eigenvalue weighted by molar-refractivity contribution is 0.0678. The zero-order valence-corrected chi connectivity index (χ0v) is 21.6. The molecule has 8 heteroatoms. The van der Waals surface area contributed by atoms with E-state index in [2.05, 4.69) is 32.0 Å². The van der Waals surface area contributed by atoms with E-state index in [-0.39, 0.29) is 11.8 Å². The van der Waals surface area contributed by atoms with Crippen molar-refractivity contribution in [3.05, 3.63) is 97.1 Å². The molecule has 4 aromatic carbocycles. The number of aliphatic imine (C=N–C) groups is 4. The number of rotatable bonds is 1. The van der Waals surface area contributed by atoms with Crippen LogP contribution in [0.15, 0.2) is 117 Å². The Morgan fingerprint density at radius 3 is 0.925 bits per heavy atom. The van der Waals surface area contributed by atoms with E-state index in [0.717, 1.165) is 0 Å². The number of hydrogen-bond donors (Lipinski definition) is 0. The highest BCUT2D eigenvalue weighted by atomic mass is 16.5. The first-order valence-electron chi connectivity index (χ1n) is 13.0. The Labute approximate surface area is 232 Å². The zero-order valence-electron chi connectivity index (χ0n) is 21.6. The van der Waals surface area contributed by atoms with Crippen LogP contribution in [-0.2, 0) is 0 Å². The van der Waals surface area contributed by atoms with Crippen molar-refractivity contribution in [2.24, 2.45) is 31.8 Å². The van der Waals surface area contributed by atoms with Gasteiger partial charge < -0.3 is 18.9 Å². The van der Waals surface area contributed by atoms with Crippen LogP contribution in [0.5, 0.6) is 23.0 Å². The van der Waals surface area contributed by atoms with E-state index in [1.54, 1.807) is 0 Å². The second-order valence-electron chi connectivity index (χ2n) is 9.28. The summed E-state index contributed by atoms with van der Waals surface area (Å²) < 4.78 is 25.2. The number of para-hydroxylation sites is 8. The minimum atomic E-state index is -0.122. The summed E-state index contributed by atoms with van der Waals surface area (Å²) in [5, 5.41) is 0. The van der Waals surface area contributed by atoms with Gasteiger partial charge in [-0.2, -0.15) is 20.0 Å². The molecule has 0 saturated carbocycles. The van der Waals surface area contributed by atoms with Crippen molar-refractivity contribution in [1.82, 2.24) is 0 Å². The quantitative estimate of drug-likeness (QED) is 0.256. The largest absolute Gasteiger partial charge is 0.491 e. The van der Waals surface area contributed by atoms with E-state index in [4.69, 9.17) is 18.9 Å². The van der Waals surface area contributed by atoms with Gasteiger partial charge in [0.15, 0.2) is 0 Å². The molecule has 198 valence electrons. The molecule has 6 rings (SSSR count). The highest BCUT2D eigenvalue weighted by Gasteiger charge is 2.27. The lowest BCUT2D eigenvalue weighted by Gasteiger charge is -2.28. The molecular formula is C32H26N4O4. The molecule has 0 unspecified atom stereocenters. The predicted octanol–water partition coefficient (Wildman–Crippen LogP) is 7.44. The third-order valence-electron chi connectivity index (χ3n) is 6.62. The number of hydrogen-bond acceptors (Lipinski definition) is 8. The van der Waals surface area contributed by atoms with Crippen molar-refractivity contribution in [2.75, 3.05) is 26.4 Å². The van der Waals surface area contributed by atoms with Gasteiger partial charge in [0.1, 0.15) is 57.8 Å². The second-order valence-corrected chi connectivity index (χ2v) is 9.28. The first-order chi connectivity index (χ1) is 19.8. The van der Waals surface area contributed by atoms with Crippen molar-refractivity contribution in [1.29, 1.82) is 0 Å². The Kier molecular flexibility index (Phi) is 7.63. The number of fused-ring (bicyclic) bond motifs is 4. The van der Waals surface area contributed by atoms with Crippen LogP contribution in [0.3, 0.4) is 0 Å². The number of nitrogens with zero attached hydrogens (tertiary/aromatic N) is 4. The topological polar surface area (TPSA) is 86.4 Å². The molecule has 2 aliphatic rings. The third kappa shape index (κ3) is 5.94. The molecule has 0 atom stereocenters. The van der Waals surface area contributed by atoms with Crippen LogP contribution in [0, 0.1) is 11.8 Å². The van der Waals surface area contributed by atoms with Gasteiger partial charge in [-0.3, -0.25) is 0 Å². The molecule has 0 spiro atoms. The third-order valence-corrected chi connectivity index (χ3v) is 6.62. The molecule has 2 heterocycles. The Morgan fingerprint density at radius 1 is 0.400 bits per heavy atom. The maximum Gasteiger partial charge on any atom is 0.145 e. The molecule has 0 aromatic heterocycles. The molecule has 0 amide bonds. The van der Waals surface area contributed by atoms with Crippen LogP contribution in [0.1, 0.15) is 0 Å². The van der Waals surface area contributed by atoms with E-state index < -0.39 is 0 Å². The molecule has 0 saturated heterocycles. The first kappa shape index (κ1) is 25.1. The summed E-state index contributed by atoms with van der Waals surface area (Å²) in [6.45, 7) is 1.40. The molecule has 2 aliphatic heterocycles. The normalized spacial score (nSPS) is 18.2. The Hall–Kier alpha value is -5.16. The van der Waals surface area contributed by atoms with E-state index in [1.165, 1.54) is 0 Å². The van der Waals surface area contributed by atoms with Gasteiger partial charge in [0, 0.05) is 11.8 Å². The van der Waals surface area contributed by atoms with Crippen LogP contribution in [0.25, 0.3) is 0 Å². The monoisotopic (exact) mass is 530 g/mol. The Morgan fingerprint density at radius 2 is 0.650 bits per heavy atom. The van der Waals surface area contributed by atoms with Crippen LogP contribution in [-0.4, -0.2) is 38.4 Å². The molecule has 8 nitrogen and oxygen atoms in total. The summed E-state index contributed by atoms with van der Waals surface area (Å²) in [5.74, 6) is 2.30. The smallest absolute Gasteiger partial charge is 0.145 e. The molecule has 0 fully saturated rings. The maximum atomic E-state index is 6.31. The number of benzene rings is 4. The minimum Gasteiger partial charge on any atom is -0.491 e. The summed E-state index contributed by atoms with van der Waals surface area (Å²) in [4.78, 5) is 17.6. The predicted molar refractivity (Wildman–Crippen MR) is 153 cm³/mol. The van der Waals surface area contributed by atoms with E-state index in [0.29, 0.717) is 72.2 Å². The van der Waals surface area contributed by atoms with Crippen LogP contribution >= 0.6 is 0 Å². The maximum absolute atomic E-state index is 6.31. The van der Waals surface area contributed by atoms with Crippen molar-refractivity contribution in [3.8, 4) is 23.0 Å². The van der Waals surface area contributed by atoms with Gasteiger partial charge in [0.2, 0.25) is 0 Å². The summed E-state index contributed by atoms with van der Waals surface area (Å²) in [5.41, 5.74) is 2.59. The fourth-order valence-electron chi connectivity index (χ4n) is 4.38. The van der Waals surface area contributed by atoms with Crippen molar-refractivity contribution >= 4 is 34.8 Å². The van der Waals surface area contributed by atoms with Gasteiger partial charge in [-0.25, -0.2) is 0 Å². The highest BCUT2D eigenvalue weighted by molar-refractivity contribution is 5.65. The second kappa shape index (κ2) is 12.1. The number of ether oxygens (including phenoxy) is 4. The van der Waals surface area contributed by atoms with Crippen molar-refractivity contribution < 1.29 is 18.9 Å². The Bertz CT molecular complexity index is 1390. The van der Waals surface area contributed by atoms with Crippen LogP contribution < -0.4 is 18.9 Å². The highest BCUT2D eigenvalue weighted by Crippen LogP contribution is 2.34. The minimum absolute atomic E-state index is 0.122. The summed E-state index contributed by atoms with van der Waals surface area (Å²) in [6, 6.07) is 35.8. The zero-order chi connectivity index (χ0) is 27.0. The molecule has 40 heavy (non-hydrogen) atoms. The fourth-order valence-corrected chi connectivity index (χ4v) is 4.38. The summed E-state index contributed by atoms with van der Waals surface area (Å²) in [7, 11) is 0. The van der Waals surface area contributed by atoms with E-state index >= 15 is 0 Å². The van der Waals surface area contributed by atoms with Gasteiger partial charge in [-0.1, -0.05) is 48.5 Å². The Balaban J connectivity index is 1.36. The molecule has 0 bridgehead atoms. The van der Waals surface area contributed by atoms with Crippen molar-refractivity contribution in [3.63, 3.8) is 0 Å². The molecule has 4 aromatic rings.